The van der Waals surface area contributed by atoms with E-state index in [4.69, 9.17) is 9.47 Å². The predicted octanol–water partition coefficient (Wildman–Crippen LogP) is 3.85. The molecule has 0 aliphatic heterocycles. The van der Waals surface area contributed by atoms with E-state index in [2.05, 4.69) is 17.2 Å². The third kappa shape index (κ3) is 3.13. The van der Waals surface area contributed by atoms with Crippen molar-refractivity contribution in [3.63, 3.8) is 0 Å². The smallest absolute Gasteiger partial charge is 0.163 e. The van der Waals surface area contributed by atoms with E-state index in [1.54, 1.807) is 0 Å². The number of anilines is 1. The van der Waals surface area contributed by atoms with Crippen molar-refractivity contribution >= 4 is 16.6 Å². The molecule has 4 nitrogen and oxygen atoms in total. The molecular formula is C16H22N2O2. The third-order valence-corrected chi connectivity index (χ3v) is 2.97. The van der Waals surface area contributed by atoms with Crippen molar-refractivity contribution in [3.05, 3.63) is 24.4 Å². The zero-order chi connectivity index (χ0) is 14.4. The summed E-state index contributed by atoms with van der Waals surface area (Å²) >= 11 is 0. The van der Waals surface area contributed by atoms with Crippen LogP contribution in [0.4, 0.5) is 5.69 Å². The maximum absolute atomic E-state index is 5.68. The summed E-state index contributed by atoms with van der Waals surface area (Å²) in [7, 11) is 0. The number of fused-ring (bicyclic) bond motifs is 1. The third-order valence-electron chi connectivity index (χ3n) is 2.97. The van der Waals surface area contributed by atoms with Gasteiger partial charge >= 0.3 is 0 Å². The Kier molecular flexibility index (Phi) is 5.04. The summed E-state index contributed by atoms with van der Waals surface area (Å²) in [5.41, 5.74) is 2.00. The van der Waals surface area contributed by atoms with E-state index in [0.717, 1.165) is 41.1 Å². The number of aromatic nitrogens is 1. The Morgan fingerprint density at radius 2 is 1.75 bits per heavy atom. The fraction of sp³-hybridized carbons (Fsp3) is 0.438. The fourth-order valence-corrected chi connectivity index (χ4v) is 2.10. The van der Waals surface area contributed by atoms with Gasteiger partial charge in [-0.1, -0.05) is 6.92 Å². The molecule has 0 atom stereocenters. The van der Waals surface area contributed by atoms with E-state index in [-0.39, 0.29) is 0 Å². The molecule has 0 spiro atoms. The molecule has 0 aliphatic rings. The molecule has 4 heteroatoms. The summed E-state index contributed by atoms with van der Waals surface area (Å²) < 4.78 is 11.3. The number of hydrogen-bond acceptors (Lipinski definition) is 4. The minimum atomic E-state index is 0.610. The molecule has 1 aromatic carbocycles. The molecule has 1 heterocycles. The molecular weight excluding hydrogens is 252 g/mol. The first-order valence-corrected chi connectivity index (χ1v) is 7.22. The van der Waals surface area contributed by atoms with Crippen molar-refractivity contribution in [2.45, 2.75) is 27.2 Å². The standard InChI is InChI=1S/C16H22N2O2/c1-4-8-17-13-7-9-18-14-11-16(20-6-3)15(19-5-2)10-12(13)14/h7,9-11H,4-6,8H2,1-3H3,(H,17,18). The Morgan fingerprint density at radius 3 is 2.40 bits per heavy atom. The van der Waals surface area contributed by atoms with Gasteiger partial charge in [-0.3, -0.25) is 4.98 Å². The molecule has 0 bridgehead atoms. The lowest BCUT2D eigenvalue weighted by Crippen LogP contribution is -2.02. The summed E-state index contributed by atoms with van der Waals surface area (Å²) in [5.74, 6) is 1.52. The van der Waals surface area contributed by atoms with E-state index in [1.807, 2.05) is 38.2 Å². The van der Waals surface area contributed by atoms with E-state index >= 15 is 0 Å². The van der Waals surface area contributed by atoms with Gasteiger partial charge in [-0.15, -0.1) is 0 Å². The van der Waals surface area contributed by atoms with Gasteiger partial charge in [0.2, 0.25) is 0 Å². The molecule has 20 heavy (non-hydrogen) atoms. The SMILES string of the molecule is CCCNc1ccnc2cc(OCC)c(OCC)cc12. The van der Waals surface area contributed by atoms with Crippen LogP contribution in [0.25, 0.3) is 10.9 Å². The average Bonchev–Trinajstić information content (AvgIpc) is 2.46. The lowest BCUT2D eigenvalue weighted by molar-refractivity contribution is 0.288. The summed E-state index contributed by atoms with van der Waals surface area (Å²) in [6, 6.07) is 5.95. The first kappa shape index (κ1) is 14.4. The van der Waals surface area contributed by atoms with Gasteiger partial charge in [-0.25, -0.2) is 0 Å². The molecule has 1 aromatic heterocycles. The molecule has 108 valence electrons. The first-order chi connectivity index (χ1) is 9.80. The van der Waals surface area contributed by atoms with Crippen molar-refractivity contribution in [1.82, 2.24) is 4.98 Å². The van der Waals surface area contributed by atoms with Gasteiger partial charge in [0.25, 0.3) is 0 Å². The van der Waals surface area contributed by atoms with Crippen molar-refractivity contribution < 1.29 is 9.47 Å². The minimum absolute atomic E-state index is 0.610. The minimum Gasteiger partial charge on any atom is -0.490 e. The van der Waals surface area contributed by atoms with Crippen LogP contribution in [-0.4, -0.2) is 24.7 Å². The first-order valence-electron chi connectivity index (χ1n) is 7.22. The van der Waals surface area contributed by atoms with Crippen molar-refractivity contribution in [3.8, 4) is 11.5 Å². The van der Waals surface area contributed by atoms with Crippen LogP contribution in [0, 0.1) is 0 Å². The van der Waals surface area contributed by atoms with Crippen molar-refractivity contribution in [2.75, 3.05) is 25.1 Å². The number of ether oxygens (including phenoxy) is 2. The molecule has 0 saturated carbocycles. The van der Waals surface area contributed by atoms with Crippen LogP contribution in [0.15, 0.2) is 24.4 Å². The maximum atomic E-state index is 5.68. The van der Waals surface area contributed by atoms with Crippen LogP contribution >= 0.6 is 0 Å². The highest BCUT2D eigenvalue weighted by molar-refractivity contribution is 5.93. The van der Waals surface area contributed by atoms with E-state index in [1.165, 1.54) is 0 Å². The maximum Gasteiger partial charge on any atom is 0.163 e. The Morgan fingerprint density at radius 1 is 1.05 bits per heavy atom. The highest BCUT2D eigenvalue weighted by Gasteiger charge is 2.10. The molecule has 1 N–H and O–H groups in total. The van der Waals surface area contributed by atoms with Crippen molar-refractivity contribution in [1.29, 1.82) is 0 Å². The molecule has 2 rings (SSSR count). The summed E-state index contributed by atoms with van der Waals surface area (Å²) in [4.78, 5) is 4.42. The van der Waals surface area contributed by atoms with Gasteiger partial charge in [-0.2, -0.15) is 0 Å². The lowest BCUT2D eigenvalue weighted by atomic mass is 10.1. The second kappa shape index (κ2) is 6.98. The molecule has 0 saturated heterocycles. The van der Waals surface area contributed by atoms with Crippen LogP contribution in [0.3, 0.4) is 0 Å². The normalized spacial score (nSPS) is 10.6. The highest BCUT2D eigenvalue weighted by atomic mass is 16.5. The van der Waals surface area contributed by atoms with E-state index in [9.17, 15) is 0 Å². The number of hydrogen-bond donors (Lipinski definition) is 1. The van der Waals surface area contributed by atoms with Crippen LogP contribution in [-0.2, 0) is 0 Å². The average molecular weight is 274 g/mol. The van der Waals surface area contributed by atoms with Crippen LogP contribution in [0.2, 0.25) is 0 Å². The zero-order valence-corrected chi connectivity index (χ0v) is 12.4. The van der Waals surface area contributed by atoms with E-state index < -0.39 is 0 Å². The highest BCUT2D eigenvalue weighted by Crippen LogP contribution is 2.34. The molecule has 0 amide bonds. The Hall–Kier alpha value is -1.97. The van der Waals surface area contributed by atoms with Gasteiger partial charge in [0.1, 0.15) is 0 Å². The van der Waals surface area contributed by atoms with Gasteiger partial charge in [0.15, 0.2) is 11.5 Å². The Labute approximate surface area is 120 Å². The quantitative estimate of drug-likeness (QED) is 0.832. The topological polar surface area (TPSA) is 43.4 Å². The van der Waals surface area contributed by atoms with Crippen LogP contribution in [0.5, 0.6) is 11.5 Å². The Bertz CT molecular complexity index is 570. The monoisotopic (exact) mass is 274 g/mol. The molecule has 0 fully saturated rings. The van der Waals surface area contributed by atoms with Crippen LogP contribution < -0.4 is 14.8 Å². The largest absolute Gasteiger partial charge is 0.490 e. The summed E-state index contributed by atoms with van der Waals surface area (Å²) in [6.45, 7) is 8.25. The van der Waals surface area contributed by atoms with E-state index in [0.29, 0.717) is 13.2 Å². The second-order valence-electron chi connectivity index (χ2n) is 4.47. The number of pyridine rings is 1. The summed E-state index contributed by atoms with van der Waals surface area (Å²) in [6.07, 6.45) is 2.90. The molecule has 0 aliphatic carbocycles. The fourth-order valence-electron chi connectivity index (χ4n) is 2.10. The van der Waals surface area contributed by atoms with Gasteiger partial charge in [-0.05, 0) is 32.4 Å². The second-order valence-corrected chi connectivity index (χ2v) is 4.47. The number of nitrogens with one attached hydrogen (secondary N) is 1. The molecule has 0 unspecified atom stereocenters. The number of benzene rings is 1. The van der Waals surface area contributed by atoms with Gasteiger partial charge in [0, 0.05) is 29.9 Å². The molecule has 0 radical (unpaired) electrons. The lowest BCUT2D eigenvalue weighted by Gasteiger charge is -2.14. The van der Waals surface area contributed by atoms with Crippen molar-refractivity contribution in [2.24, 2.45) is 0 Å². The van der Waals surface area contributed by atoms with Crippen LogP contribution in [0.1, 0.15) is 27.2 Å². The van der Waals surface area contributed by atoms with Gasteiger partial charge < -0.3 is 14.8 Å². The van der Waals surface area contributed by atoms with Gasteiger partial charge in [0.05, 0.1) is 18.7 Å². The molecule has 2 aromatic rings. The number of rotatable bonds is 7. The summed E-state index contributed by atoms with van der Waals surface area (Å²) in [5, 5.41) is 4.48. The number of nitrogens with zero attached hydrogens (tertiary/aromatic N) is 1. The zero-order valence-electron chi connectivity index (χ0n) is 12.4. The predicted molar refractivity (Wildman–Crippen MR) is 82.9 cm³/mol. The Balaban J connectivity index is 2.48.